The molecule has 0 amide bonds. The lowest BCUT2D eigenvalue weighted by molar-refractivity contribution is -0.146. The second kappa shape index (κ2) is 12.8. The van der Waals surface area contributed by atoms with Crippen LogP contribution >= 0.6 is 15.9 Å². The van der Waals surface area contributed by atoms with Crippen LogP contribution in [0.15, 0.2) is 46.9 Å². The standard InChI is InChI=1S/C28H33BrO6/c1-18(2)15-25(30)32-11-13-34-27-21-7-5-6-8-22(21)28(24-17-20(29)9-10-23(24)27)35-14-12-33-26(31)16-19(3)4/h5-10,17-19H,11-16H2,1-4H3. The minimum Gasteiger partial charge on any atom is -0.489 e. The summed E-state index contributed by atoms with van der Waals surface area (Å²) in [5.41, 5.74) is 0. The van der Waals surface area contributed by atoms with E-state index >= 15 is 0 Å². The number of benzene rings is 3. The number of rotatable bonds is 12. The van der Waals surface area contributed by atoms with E-state index in [4.69, 9.17) is 18.9 Å². The summed E-state index contributed by atoms with van der Waals surface area (Å²) in [5.74, 6) is 1.46. The average Bonchev–Trinajstić information content (AvgIpc) is 2.79. The van der Waals surface area contributed by atoms with Gasteiger partial charge in [-0.15, -0.1) is 0 Å². The highest BCUT2D eigenvalue weighted by Crippen LogP contribution is 2.43. The fourth-order valence-corrected chi connectivity index (χ4v) is 4.13. The molecule has 7 heteroatoms. The molecule has 0 bridgehead atoms. The highest BCUT2D eigenvalue weighted by molar-refractivity contribution is 9.10. The molecule has 0 aliphatic heterocycles. The van der Waals surface area contributed by atoms with Crippen LogP contribution in [0.5, 0.6) is 11.5 Å². The number of hydrogen-bond donors (Lipinski definition) is 0. The Balaban J connectivity index is 1.83. The van der Waals surface area contributed by atoms with Crippen LogP contribution in [-0.2, 0) is 19.1 Å². The molecule has 0 saturated heterocycles. The third-order valence-electron chi connectivity index (χ3n) is 5.22. The molecule has 0 aromatic heterocycles. The molecule has 0 aliphatic carbocycles. The van der Waals surface area contributed by atoms with Crippen LogP contribution < -0.4 is 9.47 Å². The van der Waals surface area contributed by atoms with Crippen molar-refractivity contribution in [3.63, 3.8) is 0 Å². The number of halogens is 1. The monoisotopic (exact) mass is 544 g/mol. The number of carbonyl (C=O) groups excluding carboxylic acids is 2. The van der Waals surface area contributed by atoms with Crippen LogP contribution in [0, 0.1) is 11.8 Å². The van der Waals surface area contributed by atoms with Gasteiger partial charge >= 0.3 is 11.9 Å². The van der Waals surface area contributed by atoms with Crippen molar-refractivity contribution in [1.29, 1.82) is 0 Å². The van der Waals surface area contributed by atoms with Gasteiger partial charge in [0.05, 0.1) is 0 Å². The topological polar surface area (TPSA) is 71.1 Å². The van der Waals surface area contributed by atoms with Crippen LogP contribution in [0.4, 0.5) is 0 Å². The minimum atomic E-state index is -0.223. The van der Waals surface area contributed by atoms with Crippen molar-refractivity contribution in [3.05, 3.63) is 46.9 Å². The first-order valence-corrected chi connectivity index (χ1v) is 12.8. The maximum Gasteiger partial charge on any atom is 0.306 e. The van der Waals surface area contributed by atoms with Gasteiger partial charge in [0.15, 0.2) is 0 Å². The summed E-state index contributed by atoms with van der Waals surface area (Å²) in [7, 11) is 0. The number of ether oxygens (including phenoxy) is 4. The van der Waals surface area contributed by atoms with Crippen molar-refractivity contribution < 1.29 is 28.5 Å². The lowest BCUT2D eigenvalue weighted by Gasteiger charge is -2.18. The first-order chi connectivity index (χ1) is 16.8. The smallest absolute Gasteiger partial charge is 0.306 e. The van der Waals surface area contributed by atoms with E-state index in [0.29, 0.717) is 24.3 Å². The lowest BCUT2D eigenvalue weighted by Crippen LogP contribution is -2.14. The van der Waals surface area contributed by atoms with Crippen LogP contribution in [0.25, 0.3) is 21.5 Å². The van der Waals surface area contributed by atoms with Crippen LogP contribution in [0.3, 0.4) is 0 Å². The van der Waals surface area contributed by atoms with Gasteiger partial charge in [-0.3, -0.25) is 9.59 Å². The van der Waals surface area contributed by atoms with Gasteiger partial charge in [-0.25, -0.2) is 0 Å². The average molecular weight is 545 g/mol. The quantitative estimate of drug-likeness (QED) is 0.143. The van der Waals surface area contributed by atoms with Gasteiger partial charge in [-0.1, -0.05) is 67.9 Å². The van der Waals surface area contributed by atoms with Crippen molar-refractivity contribution in [1.82, 2.24) is 0 Å². The largest absolute Gasteiger partial charge is 0.489 e. The Hall–Kier alpha value is -2.80. The summed E-state index contributed by atoms with van der Waals surface area (Å²) < 4.78 is 23.9. The summed E-state index contributed by atoms with van der Waals surface area (Å²) in [6.45, 7) is 8.75. The molecule has 0 heterocycles. The minimum absolute atomic E-state index is 0.176. The summed E-state index contributed by atoms with van der Waals surface area (Å²) >= 11 is 3.56. The fraction of sp³-hybridized carbons (Fsp3) is 0.429. The Labute approximate surface area is 215 Å². The SMILES string of the molecule is CC(C)CC(=O)OCCOc1c2ccccc2c(OCCOC(=O)CC(C)C)c2cc(Br)ccc12. The maximum atomic E-state index is 11.9. The first-order valence-electron chi connectivity index (χ1n) is 12.0. The summed E-state index contributed by atoms with van der Waals surface area (Å²) in [6.07, 6.45) is 0.774. The molecular formula is C28H33BrO6. The predicted molar refractivity (Wildman–Crippen MR) is 141 cm³/mol. The molecule has 0 N–H and O–H groups in total. The van der Waals surface area contributed by atoms with Gasteiger partial charge < -0.3 is 18.9 Å². The number of esters is 2. The van der Waals surface area contributed by atoms with E-state index in [2.05, 4.69) is 15.9 Å². The zero-order chi connectivity index (χ0) is 25.4. The van der Waals surface area contributed by atoms with Crippen molar-refractivity contribution >= 4 is 49.4 Å². The van der Waals surface area contributed by atoms with Gasteiger partial charge in [0.1, 0.15) is 37.9 Å². The Kier molecular flexibility index (Phi) is 9.78. The molecule has 3 aromatic carbocycles. The third-order valence-corrected chi connectivity index (χ3v) is 5.72. The Morgan fingerprint density at radius 1 is 0.686 bits per heavy atom. The van der Waals surface area contributed by atoms with Gasteiger partial charge in [-0.05, 0) is 30.0 Å². The van der Waals surface area contributed by atoms with E-state index in [-0.39, 0.29) is 50.2 Å². The van der Waals surface area contributed by atoms with Gasteiger partial charge in [-0.2, -0.15) is 0 Å². The lowest BCUT2D eigenvalue weighted by atomic mass is 10.0. The number of hydrogen-bond acceptors (Lipinski definition) is 6. The van der Waals surface area contributed by atoms with Gasteiger partial charge in [0, 0.05) is 38.9 Å². The zero-order valence-corrected chi connectivity index (χ0v) is 22.4. The van der Waals surface area contributed by atoms with Crippen LogP contribution in [0.1, 0.15) is 40.5 Å². The molecule has 0 fully saturated rings. The molecule has 0 radical (unpaired) electrons. The van der Waals surface area contributed by atoms with Gasteiger partial charge in [0.25, 0.3) is 0 Å². The van der Waals surface area contributed by atoms with Crippen molar-refractivity contribution in [2.75, 3.05) is 26.4 Å². The highest BCUT2D eigenvalue weighted by Gasteiger charge is 2.17. The van der Waals surface area contributed by atoms with Crippen molar-refractivity contribution in [2.45, 2.75) is 40.5 Å². The van der Waals surface area contributed by atoms with Crippen LogP contribution in [0.2, 0.25) is 0 Å². The molecule has 0 saturated carbocycles. The fourth-order valence-electron chi connectivity index (χ4n) is 3.77. The molecular weight excluding hydrogens is 512 g/mol. The second-order valence-electron chi connectivity index (χ2n) is 9.23. The molecule has 188 valence electrons. The highest BCUT2D eigenvalue weighted by atomic mass is 79.9. The summed E-state index contributed by atoms with van der Waals surface area (Å²) in [6, 6.07) is 13.7. The molecule has 0 aliphatic rings. The third kappa shape index (κ3) is 7.59. The van der Waals surface area contributed by atoms with Crippen molar-refractivity contribution in [3.8, 4) is 11.5 Å². The predicted octanol–water partition coefficient (Wildman–Crippen LogP) is 6.69. The summed E-state index contributed by atoms with van der Waals surface area (Å²) in [4.78, 5) is 23.7. The Morgan fingerprint density at radius 2 is 1.14 bits per heavy atom. The van der Waals surface area contributed by atoms with E-state index < -0.39 is 0 Å². The van der Waals surface area contributed by atoms with E-state index in [0.717, 1.165) is 26.0 Å². The second-order valence-corrected chi connectivity index (χ2v) is 10.1. The Bertz CT molecular complexity index is 1170. The van der Waals surface area contributed by atoms with Gasteiger partial charge in [0.2, 0.25) is 0 Å². The zero-order valence-electron chi connectivity index (χ0n) is 20.8. The first kappa shape index (κ1) is 26.8. The molecule has 0 atom stereocenters. The summed E-state index contributed by atoms with van der Waals surface area (Å²) in [5, 5.41) is 3.53. The van der Waals surface area contributed by atoms with Crippen molar-refractivity contribution in [2.24, 2.45) is 11.8 Å². The van der Waals surface area contributed by atoms with Crippen LogP contribution in [-0.4, -0.2) is 38.4 Å². The number of fused-ring (bicyclic) bond motifs is 2. The van der Waals surface area contributed by atoms with E-state index in [1.54, 1.807) is 0 Å². The maximum absolute atomic E-state index is 11.9. The molecule has 3 aromatic rings. The molecule has 35 heavy (non-hydrogen) atoms. The molecule has 3 rings (SSSR count). The van der Waals surface area contributed by atoms with E-state index in [1.165, 1.54) is 0 Å². The normalized spacial score (nSPS) is 11.3. The molecule has 0 unspecified atom stereocenters. The molecule has 0 spiro atoms. The van der Waals surface area contributed by atoms with E-state index in [1.807, 2.05) is 70.2 Å². The Morgan fingerprint density at radius 3 is 1.63 bits per heavy atom. The molecule has 6 nitrogen and oxygen atoms in total. The number of carbonyl (C=O) groups is 2. The van der Waals surface area contributed by atoms with E-state index in [9.17, 15) is 9.59 Å².